The molecule has 0 spiro atoms. The minimum atomic E-state index is -0.517. The second kappa shape index (κ2) is 7.39. The predicted molar refractivity (Wildman–Crippen MR) is 108 cm³/mol. The number of methoxy groups -OCH3 is 2. The SMILES string of the molecule is COc1ccc2c(c1OC)C(=O)N1[C@@H](C(=O)N[C@H](C)c3ccccc3)CS[C@@H]21. The number of carbonyl (C=O) groups is 2. The van der Waals surface area contributed by atoms with Gasteiger partial charge < -0.3 is 19.7 Å². The molecular weight excluding hydrogens is 376 g/mol. The maximum Gasteiger partial charge on any atom is 0.260 e. The molecule has 2 aromatic rings. The van der Waals surface area contributed by atoms with E-state index in [4.69, 9.17) is 9.47 Å². The average Bonchev–Trinajstić information content (AvgIpc) is 3.28. The molecule has 2 aliphatic rings. The van der Waals surface area contributed by atoms with Gasteiger partial charge in [0.15, 0.2) is 11.5 Å². The first kappa shape index (κ1) is 18.7. The van der Waals surface area contributed by atoms with Gasteiger partial charge in [0, 0.05) is 11.3 Å². The van der Waals surface area contributed by atoms with Gasteiger partial charge in [0.1, 0.15) is 11.4 Å². The Morgan fingerprint density at radius 3 is 2.61 bits per heavy atom. The Morgan fingerprint density at radius 1 is 1.18 bits per heavy atom. The lowest BCUT2D eigenvalue weighted by atomic mass is 10.1. The monoisotopic (exact) mass is 398 g/mol. The number of thioether (sulfide) groups is 1. The summed E-state index contributed by atoms with van der Waals surface area (Å²) in [6.45, 7) is 1.95. The fourth-order valence-corrected chi connectivity index (χ4v) is 5.28. The molecule has 6 nitrogen and oxygen atoms in total. The lowest BCUT2D eigenvalue weighted by molar-refractivity contribution is -0.125. The topological polar surface area (TPSA) is 67.9 Å². The van der Waals surface area contributed by atoms with E-state index in [-0.39, 0.29) is 23.2 Å². The van der Waals surface area contributed by atoms with Gasteiger partial charge in [-0.05, 0) is 18.6 Å². The summed E-state index contributed by atoms with van der Waals surface area (Å²) in [5.41, 5.74) is 2.40. The molecule has 2 heterocycles. The summed E-state index contributed by atoms with van der Waals surface area (Å²) in [6, 6.07) is 12.8. The second-order valence-corrected chi connectivity index (χ2v) is 7.93. The Bertz CT molecular complexity index is 918. The van der Waals surface area contributed by atoms with Crippen molar-refractivity contribution in [2.45, 2.75) is 24.4 Å². The van der Waals surface area contributed by atoms with Gasteiger partial charge in [-0.25, -0.2) is 0 Å². The van der Waals surface area contributed by atoms with Crippen LogP contribution in [0.4, 0.5) is 0 Å². The lowest BCUT2D eigenvalue weighted by Gasteiger charge is -2.24. The highest BCUT2D eigenvalue weighted by molar-refractivity contribution is 7.99. The second-order valence-electron chi connectivity index (χ2n) is 6.82. The average molecular weight is 398 g/mol. The van der Waals surface area contributed by atoms with E-state index in [0.29, 0.717) is 22.8 Å². The summed E-state index contributed by atoms with van der Waals surface area (Å²) in [7, 11) is 3.06. The molecule has 7 heteroatoms. The van der Waals surface area contributed by atoms with Crippen molar-refractivity contribution in [3.63, 3.8) is 0 Å². The van der Waals surface area contributed by atoms with E-state index in [1.54, 1.807) is 29.8 Å². The molecule has 146 valence electrons. The largest absolute Gasteiger partial charge is 0.493 e. The van der Waals surface area contributed by atoms with E-state index < -0.39 is 6.04 Å². The van der Waals surface area contributed by atoms with E-state index in [1.807, 2.05) is 43.3 Å². The van der Waals surface area contributed by atoms with Crippen molar-refractivity contribution in [2.24, 2.45) is 0 Å². The molecule has 2 aromatic carbocycles. The first-order valence-corrected chi connectivity index (χ1v) is 10.2. The van der Waals surface area contributed by atoms with Gasteiger partial charge in [0.25, 0.3) is 5.91 Å². The molecule has 0 saturated carbocycles. The Balaban J connectivity index is 1.58. The van der Waals surface area contributed by atoms with Gasteiger partial charge in [-0.2, -0.15) is 0 Å². The lowest BCUT2D eigenvalue weighted by Crippen LogP contribution is -2.46. The molecule has 28 heavy (non-hydrogen) atoms. The molecule has 0 radical (unpaired) electrons. The summed E-state index contributed by atoms with van der Waals surface area (Å²) in [5.74, 6) is 1.18. The molecule has 0 bridgehead atoms. The van der Waals surface area contributed by atoms with Crippen molar-refractivity contribution in [2.75, 3.05) is 20.0 Å². The maximum atomic E-state index is 13.2. The molecule has 1 fully saturated rings. The molecule has 4 rings (SSSR count). The third-order valence-electron chi connectivity index (χ3n) is 5.25. The van der Waals surface area contributed by atoms with Gasteiger partial charge in [-0.15, -0.1) is 11.8 Å². The van der Waals surface area contributed by atoms with E-state index in [1.165, 1.54) is 7.11 Å². The van der Waals surface area contributed by atoms with Crippen molar-refractivity contribution >= 4 is 23.6 Å². The van der Waals surface area contributed by atoms with E-state index in [0.717, 1.165) is 11.1 Å². The molecule has 1 saturated heterocycles. The highest BCUT2D eigenvalue weighted by Crippen LogP contribution is 2.52. The zero-order valence-corrected chi connectivity index (χ0v) is 16.8. The van der Waals surface area contributed by atoms with Crippen LogP contribution in [0.25, 0.3) is 0 Å². The number of nitrogens with zero attached hydrogens (tertiary/aromatic N) is 1. The zero-order valence-electron chi connectivity index (χ0n) is 16.0. The third-order valence-corrected chi connectivity index (χ3v) is 6.56. The molecule has 2 aliphatic heterocycles. The molecule has 1 N–H and O–H groups in total. The Hall–Kier alpha value is -2.67. The quantitative estimate of drug-likeness (QED) is 0.838. The molecular formula is C21H22N2O4S. The van der Waals surface area contributed by atoms with Crippen LogP contribution in [0.3, 0.4) is 0 Å². The molecule has 0 aromatic heterocycles. The van der Waals surface area contributed by atoms with E-state index >= 15 is 0 Å². The minimum absolute atomic E-state index is 0.132. The Kier molecular flexibility index (Phi) is 4.93. The number of hydrogen-bond donors (Lipinski definition) is 1. The van der Waals surface area contributed by atoms with Crippen LogP contribution in [-0.2, 0) is 4.79 Å². The number of fused-ring (bicyclic) bond motifs is 3. The van der Waals surface area contributed by atoms with Gasteiger partial charge in [-0.1, -0.05) is 36.4 Å². The van der Waals surface area contributed by atoms with Crippen molar-refractivity contribution in [3.8, 4) is 11.5 Å². The van der Waals surface area contributed by atoms with Crippen molar-refractivity contribution in [1.29, 1.82) is 0 Å². The minimum Gasteiger partial charge on any atom is -0.493 e. The van der Waals surface area contributed by atoms with Gasteiger partial charge >= 0.3 is 0 Å². The number of rotatable bonds is 5. The van der Waals surface area contributed by atoms with Gasteiger partial charge in [0.2, 0.25) is 5.91 Å². The molecule has 3 atom stereocenters. The summed E-state index contributed by atoms with van der Waals surface area (Å²) < 4.78 is 10.8. The highest BCUT2D eigenvalue weighted by atomic mass is 32.2. The van der Waals surface area contributed by atoms with Gasteiger partial charge in [-0.3, -0.25) is 9.59 Å². The summed E-state index contributed by atoms with van der Waals surface area (Å²) in [5, 5.41) is 2.87. The highest BCUT2D eigenvalue weighted by Gasteiger charge is 2.50. The van der Waals surface area contributed by atoms with Crippen LogP contribution in [0.5, 0.6) is 11.5 Å². The van der Waals surface area contributed by atoms with Crippen LogP contribution in [0, 0.1) is 0 Å². The van der Waals surface area contributed by atoms with Crippen molar-refractivity contribution < 1.29 is 19.1 Å². The summed E-state index contributed by atoms with van der Waals surface area (Å²) in [4.78, 5) is 27.8. The predicted octanol–water partition coefficient (Wildman–Crippen LogP) is 3.15. The summed E-state index contributed by atoms with van der Waals surface area (Å²) in [6.07, 6.45) is 0. The molecule has 0 unspecified atom stereocenters. The van der Waals surface area contributed by atoms with Crippen LogP contribution < -0.4 is 14.8 Å². The normalized spacial score (nSPS) is 21.1. The fourth-order valence-electron chi connectivity index (χ4n) is 3.83. The Labute approximate surface area is 168 Å². The van der Waals surface area contributed by atoms with Crippen molar-refractivity contribution in [3.05, 3.63) is 59.2 Å². The van der Waals surface area contributed by atoms with Gasteiger partial charge in [0.05, 0.1) is 25.8 Å². The van der Waals surface area contributed by atoms with Crippen LogP contribution in [0.15, 0.2) is 42.5 Å². The van der Waals surface area contributed by atoms with Crippen LogP contribution >= 0.6 is 11.8 Å². The molecule has 0 aliphatic carbocycles. The number of amides is 2. The van der Waals surface area contributed by atoms with Crippen LogP contribution in [-0.4, -0.2) is 42.7 Å². The smallest absolute Gasteiger partial charge is 0.260 e. The van der Waals surface area contributed by atoms with Crippen LogP contribution in [0.1, 0.15) is 39.8 Å². The number of carbonyl (C=O) groups excluding carboxylic acids is 2. The van der Waals surface area contributed by atoms with E-state index in [2.05, 4.69) is 5.32 Å². The Morgan fingerprint density at radius 2 is 1.93 bits per heavy atom. The fraction of sp³-hybridized carbons (Fsp3) is 0.333. The number of ether oxygens (including phenoxy) is 2. The standard InChI is InChI=1S/C21H22N2O4S/c1-12(13-7-5-4-6-8-13)22-19(24)15-11-28-21-14-9-10-16(26-2)18(27-3)17(14)20(25)23(15)21/h4-10,12,15,21H,11H2,1-3H3,(H,22,24)/t12-,15-,21+/m1/s1. The van der Waals surface area contributed by atoms with Crippen molar-refractivity contribution in [1.82, 2.24) is 10.2 Å². The maximum absolute atomic E-state index is 13.2. The first-order chi connectivity index (χ1) is 13.6. The first-order valence-electron chi connectivity index (χ1n) is 9.11. The number of nitrogens with one attached hydrogen (secondary N) is 1. The van der Waals surface area contributed by atoms with E-state index in [9.17, 15) is 9.59 Å². The third kappa shape index (κ3) is 2.90. The van der Waals surface area contributed by atoms with Crippen LogP contribution in [0.2, 0.25) is 0 Å². The number of hydrogen-bond acceptors (Lipinski definition) is 5. The molecule has 2 amide bonds. The summed E-state index contributed by atoms with van der Waals surface area (Å²) >= 11 is 1.60. The zero-order chi connectivity index (χ0) is 19.8. The number of benzene rings is 2.